The van der Waals surface area contributed by atoms with E-state index in [0.29, 0.717) is 18.9 Å². The lowest BCUT2D eigenvalue weighted by atomic mass is 9.99. The van der Waals surface area contributed by atoms with Crippen LogP contribution in [0.1, 0.15) is 25.7 Å². The van der Waals surface area contributed by atoms with Gasteiger partial charge in [-0.3, -0.25) is 4.79 Å². The van der Waals surface area contributed by atoms with Gasteiger partial charge in [0.15, 0.2) is 0 Å². The van der Waals surface area contributed by atoms with E-state index < -0.39 is 0 Å². The lowest BCUT2D eigenvalue weighted by Gasteiger charge is -2.27. The lowest BCUT2D eigenvalue weighted by molar-refractivity contribution is -0.130. The van der Waals surface area contributed by atoms with Crippen molar-refractivity contribution in [3.8, 4) is 0 Å². The summed E-state index contributed by atoms with van der Waals surface area (Å²) in [4.78, 5) is 13.6. The number of nitrogens with zero attached hydrogens (tertiary/aromatic N) is 1. The molecule has 4 heteroatoms. The largest absolute Gasteiger partial charge is 0.385 e. The molecule has 1 atom stereocenters. The number of ether oxygens (including phenoxy) is 1. The van der Waals surface area contributed by atoms with Crippen molar-refractivity contribution < 1.29 is 9.53 Å². The van der Waals surface area contributed by atoms with Gasteiger partial charge in [0.25, 0.3) is 0 Å². The van der Waals surface area contributed by atoms with Crippen LogP contribution in [0.15, 0.2) is 0 Å². The molecule has 1 amide bonds. The van der Waals surface area contributed by atoms with Crippen LogP contribution in [-0.4, -0.2) is 51.2 Å². The number of rotatable bonds is 6. The second-order valence-corrected chi connectivity index (χ2v) is 4.58. The quantitative estimate of drug-likeness (QED) is 0.686. The fourth-order valence-corrected chi connectivity index (χ4v) is 2.13. The normalized spacial score (nSPS) is 20.8. The zero-order valence-corrected chi connectivity index (χ0v) is 10.5. The SMILES string of the molecule is COCCCC(=O)N(C)CC1CCCNC1. The van der Waals surface area contributed by atoms with E-state index in [9.17, 15) is 4.79 Å². The Morgan fingerprint density at radius 1 is 1.56 bits per heavy atom. The van der Waals surface area contributed by atoms with Crippen LogP contribution in [0.25, 0.3) is 0 Å². The molecular weight excluding hydrogens is 204 g/mol. The molecule has 0 bridgehead atoms. The third-order valence-corrected chi connectivity index (χ3v) is 3.10. The van der Waals surface area contributed by atoms with E-state index in [1.54, 1.807) is 7.11 Å². The molecule has 94 valence electrons. The van der Waals surface area contributed by atoms with Crippen molar-refractivity contribution in [2.75, 3.05) is 40.4 Å². The maximum absolute atomic E-state index is 11.7. The smallest absolute Gasteiger partial charge is 0.222 e. The Morgan fingerprint density at radius 2 is 2.38 bits per heavy atom. The van der Waals surface area contributed by atoms with Crippen LogP contribution in [-0.2, 0) is 9.53 Å². The minimum absolute atomic E-state index is 0.239. The fourth-order valence-electron chi connectivity index (χ4n) is 2.13. The first-order chi connectivity index (χ1) is 7.74. The Labute approximate surface area is 98.3 Å². The average Bonchev–Trinajstić information content (AvgIpc) is 2.30. The minimum Gasteiger partial charge on any atom is -0.385 e. The molecule has 1 saturated heterocycles. The van der Waals surface area contributed by atoms with E-state index in [4.69, 9.17) is 4.74 Å². The molecular formula is C12H24N2O2. The first kappa shape index (κ1) is 13.5. The van der Waals surface area contributed by atoms with Gasteiger partial charge in [0.1, 0.15) is 0 Å². The number of nitrogens with one attached hydrogen (secondary N) is 1. The summed E-state index contributed by atoms with van der Waals surface area (Å²) in [6.45, 7) is 3.74. The van der Waals surface area contributed by atoms with E-state index >= 15 is 0 Å². The number of methoxy groups -OCH3 is 1. The minimum atomic E-state index is 0.239. The summed E-state index contributed by atoms with van der Waals surface area (Å²) in [7, 11) is 3.58. The van der Waals surface area contributed by atoms with Gasteiger partial charge in [0.2, 0.25) is 5.91 Å². The highest BCUT2D eigenvalue weighted by Gasteiger charge is 2.17. The second kappa shape index (κ2) is 7.63. The molecule has 0 aliphatic carbocycles. The van der Waals surface area contributed by atoms with Crippen LogP contribution in [0.2, 0.25) is 0 Å². The molecule has 1 rings (SSSR count). The Bertz CT molecular complexity index is 203. The topological polar surface area (TPSA) is 41.6 Å². The van der Waals surface area contributed by atoms with Gasteiger partial charge in [-0.1, -0.05) is 0 Å². The number of carbonyl (C=O) groups excluding carboxylic acids is 1. The summed E-state index contributed by atoms with van der Waals surface area (Å²) in [6.07, 6.45) is 3.89. The molecule has 1 fully saturated rings. The van der Waals surface area contributed by atoms with E-state index in [2.05, 4.69) is 5.32 Å². The molecule has 4 nitrogen and oxygen atoms in total. The van der Waals surface area contributed by atoms with Crippen LogP contribution in [0.4, 0.5) is 0 Å². The highest BCUT2D eigenvalue weighted by Crippen LogP contribution is 2.11. The molecule has 1 aliphatic rings. The highest BCUT2D eigenvalue weighted by molar-refractivity contribution is 5.75. The van der Waals surface area contributed by atoms with E-state index in [0.717, 1.165) is 26.1 Å². The van der Waals surface area contributed by atoms with Gasteiger partial charge in [-0.25, -0.2) is 0 Å². The van der Waals surface area contributed by atoms with Crippen molar-refractivity contribution in [2.45, 2.75) is 25.7 Å². The molecule has 0 aromatic carbocycles. The summed E-state index contributed by atoms with van der Waals surface area (Å²) < 4.78 is 4.94. The molecule has 0 aromatic rings. The van der Waals surface area contributed by atoms with Crippen molar-refractivity contribution in [1.29, 1.82) is 0 Å². The van der Waals surface area contributed by atoms with Crippen molar-refractivity contribution >= 4 is 5.91 Å². The highest BCUT2D eigenvalue weighted by atomic mass is 16.5. The van der Waals surface area contributed by atoms with Gasteiger partial charge in [0, 0.05) is 33.7 Å². The Hall–Kier alpha value is -0.610. The van der Waals surface area contributed by atoms with Gasteiger partial charge >= 0.3 is 0 Å². The third-order valence-electron chi connectivity index (χ3n) is 3.10. The van der Waals surface area contributed by atoms with Crippen molar-refractivity contribution in [1.82, 2.24) is 10.2 Å². The predicted molar refractivity (Wildman–Crippen MR) is 64.3 cm³/mol. The standard InChI is InChI=1S/C12H24N2O2/c1-14(12(15)6-4-8-16-2)10-11-5-3-7-13-9-11/h11,13H,3-10H2,1-2H3. The lowest BCUT2D eigenvalue weighted by Crippen LogP contribution is -2.39. The van der Waals surface area contributed by atoms with E-state index in [-0.39, 0.29) is 5.91 Å². The summed E-state index contributed by atoms with van der Waals surface area (Å²) in [5.74, 6) is 0.868. The monoisotopic (exact) mass is 228 g/mol. The Balaban J connectivity index is 2.16. The fraction of sp³-hybridized carbons (Fsp3) is 0.917. The zero-order chi connectivity index (χ0) is 11.8. The second-order valence-electron chi connectivity index (χ2n) is 4.58. The van der Waals surface area contributed by atoms with Gasteiger partial charge in [0.05, 0.1) is 0 Å². The molecule has 0 aromatic heterocycles. The van der Waals surface area contributed by atoms with Crippen LogP contribution < -0.4 is 5.32 Å². The summed E-state index contributed by atoms with van der Waals surface area (Å²) in [5, 5.41) is 3.37. The Morgan fingerprint density at radius 3 is 3.00 bits per heavy atom. The molecule has 0 spiro atoms. The molecule has 1 N–H and O–H groups in total. The third kappa shape index (κ3) is 4.94. The average molecular weight is 228 g/mol. The van der Waals surface area contributed by atoms with Crippen LogP contribution in [0, 0.1) is 5.92 Å². The van der Waals surface area contributed by atoms with Gasteiger partial charge in [-0.15, -0.1) is 0 Å². The van der Waals surface area contributed by atoms with Crippen LogP contribution in [0.3, 0.4) is 0 Å². The molecule has 1 unspecified atom stereocenters. The predicted octanol–water partition coefficient (Wildman–Crippen LogP) is 0.871. The molecule has 0 radical (unpaired) electrons. The maximum atomic E-state index is 11.7. The first-order valence-electron chi connectivity index (χ1n) is 6.17. The van der Waals surface area contributed by atoms with Gasteiger partial charge in [-0.05, 0) is 38.3 Å². The number of piperidine rings is 1. The van der Waals surface area contributed by atoms with Crippen molar-refractivity contribution in [3.63, 3.8) is 0 Å². The van der Waals surface area contributed by atoms with Crippen LogP contribution >= 0.6 is 0 Å². The van der Waals surface area contributed by atoms with Gasteiger partial charge < -0.3 is 15.0 Å². The van der Waals surface area contributed by atoms with E-state index in [1.165, 1.54) is 12.8 Å². The number of hydrogen-bond donors (Lipinski definition) is 1. The number of carbonyl (C=O) groups is 1. The summed E-state index contributed by atoms with van der Waals surface area (Å²) in [6, 6.07) is 0. The van der Waals surface area contributed by atoms with Crippen molar-refractivity contribution in [3.05, 3.63) is 0 Å². The van der Waals surface area contributed by atoms with Crippen LogP contribution in [0.5, 0.6) is 0 Å². The zero-order valence-electron chi connectivity index (χ0n) is 10.5. The summed E-state index contributed by atoms with van der Waals surface area (Å²) >= 11 is 0. The first-order valence-corrected chi connectivity index (χ1v) is 6.17. The summed E-state index contributed by atoms with van der Waals surface area (Å²) in [5.41, 5.74) is 0. The molecule has 1 aliphatic heterocycles. The number of amides is 1. The van der Waals surface area contributed by atoms with Gasteiger partial charge in [-0.2, -0.15) is 0 Å². The molecule has 16 heavy (non-hydrogen) atoms. The molecule has 1 heterocycles. The molecule has 0 saturated carbocycles. The van der Waals surface area contributed by atoms with Crippen molar-refractivity contribution in [2.24, 2.45) is 5.92 Å². The Kier molecular flexibility index (Phi) is 6.42. The maximum Gasteiger partial charge on any atom is 0.222 e. The van der Waals surface area contributed by atoms with E-state index in [1.807, 2.05) is 11.9 Å². The number of hydrogen-bond acceptors (Lipinski definition) is 3.